The fourth-order valence-electron chi connectivity index (χ4n) is 2.16. The van der Waals surface area contributed by atoms with Crippen LogP contribution in [0.5, 0.6) is 0 Å². The maximum Gasteiger partial charge on any atom is 0.251 e. The van der Waals surface area contributed by atoms with Gasteiger partial charge in [-0.15, -0.1) is 0 Å². The van der Waals surface area contributed by atoms with Crippen molar-refractivity contribution in [3.63, 3.8) is 0 Å². The van der Waals surface area contributed by atoms with Crippen LogP contribution in [0.3, 0.4) is 0 Å². The molecule has 106 valence electrons. The van der Waals surface area contributed by atoms with Crippen LogP contribution in [0.1, 0.15) is 40.9 Å². The monoisotopic (exact) mass is 262 g/mol. The Morgan fingerprint density at radius 1 is 1.11 bits per heavy atom. The molecule has 0 saturated carbocycles. The summed E-state index contributed by atoms with van der Waals surface area (Å²) >= 11 is 0. The smallest absolute Gasteiger partial charge is 0.251 e. The van der Waals surface area contributed by atoms with Crippen molar-refractivity contribution >= 4 is 5.91 Å². The van der Waals surface area contributed by atoms with Crippen molar-refractivity contribution in [2.45, 2.75) is 34.6 Å². The summed E-state index contributed by atoms with van der Waals surface area (Å²) < 4.78 is 0. The van der Waals surface area contributed by atoms with Gasteiger partial charge in [0.05, 0.1) is 0 Å². The molecule has 1 rings (SSSR count). The number of nitrogens with zero attached hydrogens (tertiary/aromatic N) is 1. The highest BCUT2D eigenvalue weighted by atomic mass is 16.1. The molecular formula is C16H26N2O. The van der Waals surface area contributed by atoms with Gasteiger partial charge in [0.1, 0.15) is 0 Å². The second-order valence-electron chi connectivity index (χ2n) is 4.96. The number of likely N-dealkylation sites (N-methyl/N-ethyl adjacent to an activating group) is 1. The highest BCUT2D eigenvalue weighted by Crippen LogP contribution is 2.16. The number of benzene rings is 1. The first kappa shape index (κ1) is 15.7. The standard InChI is InChI=1S/C16H26N2O/c1-6-18(7-2)11-10-17-16(19)15-9-8-12(3)13(4)14(15)5/h8-9H,6-7,10-11H2,1-5H3,(H,17,19). The Labute approximate surface area is 117 Å². The number of carbonyl (C=O) groups excluding carboxylic acids is 1. The highest BCUT2D eigenvalue weighted by Gasteiger charge is 2.11. The highest BCUT2D eigenvalue weighted by molar-refractivity contribution is 5.96. The van der Waals surface area contributed by atoms with E-state index in [-0.39, 0.29) is 5.91 Å². The Morgan fingerprint density at radius 3 is 2.32 bits per heavy atom. The van der Waals surface area contributed by atoms with Gasteiger partial charge in [-0.1, -0.05) is 19.9 Å². The molecule has 0 unspecified atom stereocenters. The minimum Gasteiger partial charge on any atom is -0.351 e. The van der Waals surface area contributed by atoms with Crippen LogP contribution in [0, 0.1) is 20.8 Å². The Balaban J connectivity index is 2.62. The molecular weight excluding hydrogens is 236 g/mol. The topological polar surface area (TPSA) is 32.3 Å². The molecule has 0 atom stereocenters. The van der Waals surface area contributed by atoms with Crippen LogP contribution in [-0.4, -0.2) is 37.0 Å². The van der Waals surface area contributed by atoms with E-state index < -0.39 is 0 Å². The molecule has 19 heavy (non-hydrogen) atoms. The van der Waals surface area contributed by atoms with E-state index in [0.29, 0.717) is 6.54 Å². The molecule has 0 aromatic heterocycles. The van der Waals surface area contributed by atoms with E-state index in [1.165, 1.54) is 11.1 Å². The zero-order chi connectivity index (χ0) is 14.4. The minimum atomic E-state index is 0.0350. The van der Waals surface area contributed by atoms with Crippen LogP contribution in [-0.2, 0) is 0 Å². The van der Waals surface area contributed by atoms with Gasteiger partial charge in [-0.2, -0.15) is 0 Å². The summed E-state index contributed by atoms with van der Waals surface area (Å²) in [7, 11) is 0. The third-order valence-corrected chi connectivity index (χ3v) is 3.91. The molecule has 1 amide bonds. The van der Waals surface area contributed by atoms with Gasteiger partial charge in [-0.3, -0.25) is 4.79 Å². The summed E-state index contributed by atoms with van der Waals surface area (Å²) in [6.45, 7) is 14.1. The van der Waals surface area contributed by atoms with E-state index in [2.05, 4.69) is 37.9 Å². The minimum absolute atomic E-state index is 0.0350. The maximum atomic E-state index is 12.2. The van der Waals surface area contributed by atoms with Gasteiger partial charge in [-0.05, 0) is 56.6 Å². The summed E-state index contributed by atoms with van der Waals surface area (Å²) in [5.74, 6) is 0.0350. The van der Waals surface area contributed by atoms with E-state index in [1.807, 2.05) is 19.1 Å². The molecule has 0 aliphatic heterocycles. The Bertz CT molecular complexity index is 437. The second kappa shape index (κ2) is 7.29. The molecule has 0 bridgehead atoms. The lowest BCUT2D eigenvalue weighted by Gasteiger charge is -2.18. The molecule has 3 nitrogen and oxygen atoms in total. The summed E-state index contributed by atoms with van der Waals surface area (Å²) in [5.41, 5.74) is 4.32. The van der Waals surface area contributed by atoms with E-state index in [0.717, 1.165) is 30.8 Å². The fourth-order valence-corrected chi connectivity index (χ4v) is 2.16. The van der Waals surface area contributed by atoms with Gasteiger partial charge in [0, 0.05) is 18.7 Å². The molecule has 0 radical (unpaired) electrons. The number of aryl methyl sites for hydroxylation is 1. The fraction of sp³-hybridized carbons (Fsp3) is 0.562. The molecule has 1 aromatic rings. The van der Waals surface area contributed by atoms with Gasteiger partial charge in [0.15, 0.2) is 0 Å². The van der Waals surface area contributed by atoms with Gasteiger partial charge in [0.25, 0.3) is 5.91 Å². The Morgan fingerprint density at radius 2 is 1.74 bits per heavy atom. The molecule has 0 spiro atoms. The SMILES string of the molecule is CCN(CC)CCNC(=O)c1ccc(C)c(C)c1C. The van der Waals surface area contributed by atoms with E-state index in [9.17, 15) is 4.79 Å². The number of carbonyl (C=O) groups is 1. The predicted molar refractivity (Wildman–Crippen MR) is 80.8 cm³/mol. The van der Waals surface area contributed by atoms with E-state index in [1.54, 1.807) is 0 Å². The van der Waals surface area contributed by atoms with Crippen LogP contribution >= 0.6 is 0 Å². The summed E-state index contributed by atoms with van der Waals surface area (Å²) in [6.07, 6.45) is 0. The van der Waals surface area contributed by atoms with Gasteiger partial charge in [0.2, 0.25) is 0 Å². The molecule has 0 heterocycles. The first-order chi connectivity index (χ1) is 9.01. The average molecular weight is 262 g/mol. The first-order valence-electron chi connectivity index (χ1n) is 7.08. The van der Waals surface area contributed by atoms with Crippen molar-refractivity contribution in [1.82, 2.24) is 10.2 Å². The van der Waals surface area contributed by atoms with E-state index in [4.69, 9.17) is 0 Å². The Kier molecular flexibility index (Phi) is 6.03. The van der Waals surface area contributed by atoms with Crippen LogP contribution < -0.4 is 5.32 Å². The molecule has 3 heteroatoms. The van der Waals surface area contributed by atoms with Crippen LogP contribution in [0.4, 0.5) is 0 Å². The van der Waals surface area contributed by atoms with E-state index >= 15 is 0 Å². The third-order valence-electron chi connectivity index (χ3n) is 3.91. The number of nitrogens with one attached hydrogen (secondary N) is 1. The summed E-state index contributed by atoms with van der Waals surface area (Å²) in [4.78, 5) is 14.5. The molecule has 0 fully saturated rings. The average Bonchev–Trinajstić information content (AvgIpc) is 2.41. The lowest BCUT2D eigenvalue weighted by molar-refractivity contribution is 0.0948. The van der Waals surface area contributed by atoms with Crippen LogP contribution in [0.15, 0.2) is 12.1 Å². The number of amides is 1. The zero-order valence-corrected chi connectivity index (χ0v) is 12.8. The molecule has 0 aliphatic carbocycles. The van der Waals surface area contributed by atoms with Crippen molar-refractivity contribution in [3.05, 3.63) is 34.4 Å². The quantitative estimate of drug-likeness (QED) is 0.855. The number of rotatable bonds is 6. The van der Waals surface area contributed by atoms with Crippen molar-refractivity contribution in [3.8, 4) is 0 Å². The van der Waals surface area contributed by atoms with Gasteiger partial charge in [-0.25, -0.2) is 0 Å². The van der Waals surface area contributed by atoms with Gasteiger partial charge < -0.3 is 10.2 Å². The summed E-state index contributed by atoms with van der Waals surface area (Å²) in [5, 5.41) is 3.00. The lowest BCUT2D eigenvalue weighted by atomic mass is 9.98. The van der Waals surface area contributed by atoms with Crippen molar-refractivity contribution in [2.75, 3.05) is 26.2 Å². The predicted octanol–water partition coefficient (Wildman–Crippen LogP) is 2.68. The number of hydrogen-bond acceptors (Lipinski definition) is 2. The molecule has 1 N–H and O–H groups in total. The van der Waals surface area contributed by atoms with Gasteiger partial charge >= 0.3 is 0 Å². The van der Waals surface area contributed by atoms with Crippen LogP contribution in [0.25, 0.3) is 0 Å². The lowest BCUT2D eigenvalue weighted by Crippen LogP contribution is -2.35. The largest absolute Gasteiger partial charge is 0.351 e. The molecule has 0 saturated heterocycles. The second-order valence-corrected chi connectivity index (χ2v) is 4.96. The number of hydrogen-bond donors (Lipinski definition) is 1. The normalized spacial score (nSPS) is 10.8. The van der Waals surface area contributed by atoms with Crippen molar-refractivity contribution < 1.29 is 4.79 Å². The maximum absolute atomic E-state index is 12.2. The first-order valence-corrected chi connectivity index (χ1v) is 7.08. The Hall–Kier alpha value is -1.35. The molecule has 1 aromatic carbocycles. The van der Waals surface area contributed by atoms with Crippen molar-refractivity contribution in [1.29, 1.82) is 0 Å². The third kappa shape index (κ3) is 4.06. The zero-order valence-electron chi connectivity index (χ0n) is 12.8. The molecule has 0 aliphatic rings. The van der Waals surface area contributed by atoms with Crippen LogP contribution in [0.2, 0.25) is 0 Å². The summed E-state index contributed by atoms with van der Waals surface area (Å²) in [6, 6.07) is 3.94. The van der Waals surface area contributed by atoms with Crippen molar-refractivity contribution in [2.24, 2.45) is 0 Å².